The fourth-order valence-electron chi connectivity index (χ4n) is 2.37. The van der Waals surface area contributed by atoms with Gasteiger partial charge in [-0.25, -0.2) is 0 Å². The minimum Gasteiger partial charge on any atom is -0.364 e. The molecule has 2 rings (SSSR count). The molecule has 0 spiro atoms. The molecule has 3 heteroatoms. The quantitative estimate of drug-likeness (QED) is 0.641. The molecule has 0 fully saturated rings. The standard InChI is InChI=1S/C17H19NS2/c1-12-8-9-13(2)15(10-12)16(18-17(19)20)11-14-6-4-3-5-7-14/h3-10,16H,11H2,1-2H3,(H2,18,19,20). The SMILES string of the molecule is Cc1ccc(C)c(C(Cc2ccccc2)NC(=S)S)c1. The van der Waals surface area contributed by atoms with E-state index in [0.29, 0.717) is 4.32 Å². The number of hydrogen-bond donors (Lipinski definition) is 2. The van der Waals surface area contributed by atoms with Gasteiger partial charge in [0.05, 0.1) is 6.04 Å². The Morgan fingerprint density at radius 3 is 2.50 bits per heavy atom. The van der Waals surface area contributed by atoms with Gasteiger partial charge in [0.2, 0.25) is 0 Å². The molecular weight excluding hydrogens is 282 g/mol. The fraction of sp³-hybridized carbons (Fsp3) is 0.235. The maximum Gasteiger partial charge on any atom is 0.131 e. The van der Waals surface area contributed by atoms with Crippen molar-refractivity contribution in [3.8, 4) is 0 Å². The molecule has 0 bridgehead atoms. The lowest BCUT2D eigenvalue weighted by Crippen LogP contribution is -2.26. The van der Waals surface area contributed by atoms with Crippen molar-refractivity contribution in [1.29, 1.82) is 0 Å². The lowest BCUT2D eigenvalue weighted by atomic mass is 9.94. The van der Waals surface area contributed by atoms with Crippen molar-refractivity contribution in [3.05, 3.63) is 70.8 Å². The normalized spacial score (nSPS) is 11.9. The topological polar surface area (TPSA) is 12.0 Å². The van der Waals surface area contributed by atoms with Crippen molar-refractivity contribution in [2.75, 3.05) is 0 Å². The summed E-state index contributed by atoms with van der Waals surface area (Å²) < 4.78 is 0.534. The minimum absolute atomic E-state index is 0.155. The van der Waals surface area contributed by atoms with Gasteiger partial charge >= 0.3 is 0 Å². The Bertz CT molecular complexity index is 593. The first-order valence-corrected chi connectivity index (χ1v) is 7.52. The first kappa shape index (κ1) is 15.1. The molecule has 0 aliphatic heterocycles. The van der Waals surface area contributed by atoms with Crippen molar-refractivity contribution < 1.29 is 0 Å². The summed E-state index contributed by atoms with van der Waals surface area (Å²) in [5, 5.41) is 3.31. The van der Waals surface area contributed by atoms with Gasteiger partial charge in [-0.05, 0) is 37.0 Å². The molecule has 0 saturated heterocycles. The van der Waals surface area contributed by atoms with Gasteiger partial charge in [-0.15, -0.1) is 12.6 Å². The number of thiocarbonyl (C=S) groups is 1. The van der Waals surface area contributed by atoms with Crippen LogP contribution in [0, 0.1) is 13.8 Å². The predicted octanol–water partition coefficient (Wildman–Crippen LogP) is 4.39. The van der Waals surface area contributed by atoms with Crippen LogP contribution in [0.3, 0.4) is 0 Å². The second-order valence-corrected chi connectivity index (χ2v) is 6.21. The zero-order chi connectivity index (χ0) is 14.5. The Labute approximate surface area is 131 Å². The van der Waals surface area contributed by atoms with E-state index >= 15 is 0 Å². The maximum atomic E-state index is 5.12. The molecule has 104 valence electrons. The number of thiol groups is 1. The first-order chi connectivity index (χ1) is 9.56. The third-order valence-corrected chi connectivity index (χ3v) is 3.64. The van der Waals surface area contributed by atoms with Gasteiger partial charge < -0.3 is 5.32 Å². The highest BCUT2D eigenvalue weighted by Crippen LogP contribution is 2.23. The van der Waals surface area contributed by atoms with E-state index in [1.165, 1.54) is 22.3 Å². The molecule has 1 N–H and O–H groups in total. The smallest absolute Gasteiger partial charge is 0.131 e. The van der Waals surface area contributed by atoms with Gasteiger partial charge in [0.15, 0.2) is 0 Å². The Morgan fingerprint density at radius 1 is 1.15 bits per heavy atom. The largest absolute Gasteiger partial charge is 0.364 e. The minimum atomic E-state index is 0.155. The molecule has 0 aliphatic carbocycles. The molecule has 2 aromatic rings. The predicted molar refractivity (Wildman–Crippen MR) is 93.5 cm³/mol. The zero-order valence-electron chi connectivity index (χ0n) is 11.8. The highest BCUT2D eigenvalue weighted by molar-refractivity contribution is 8.11. The van der Waals surface area contributed by atoms with Crippen LogP contribution in [0.15, 0.2) is 48.5 Å². The summed E-state index contributed by atoms with van der Waals surface area (Å²) in [6.07, 6.45) is 0.895. The van der Waals surface area contributed by atoms with Crippen LogP contribution in [0.25, 0.3) is 0 Å². The lowest BCUT2D eigenvalue weighted by molar-refractivity contribution is 0.648. The van der Waals surface area contributed by atoms with E-state index in [0.717, 1.165) is 6.42 Å². The molecule has 1 atom stereocenters. The average molecular weight is 301 g/mol. The van der Waals surface area contributed by atoms with E-state index < -0.39 is 0 Å². The molecule has 1 nitrogen and oxygen atoms in total. The number of benzene rings is 2. The van der Waals surface area contributed by atoms with Gasteiger partial charge in [0.1, 0.15) is 4.32 Å². The fourth-order valence-corrected chi connectivity index (χ4v) is 2.67. The molecule has 0 amide bonds. The molecule has 20 heavy (non-hydrogen) atoms. The van der Waals surface area contributed by atoms with E-state index in [-0.39, 0.29) is 6.04 Å². The van der Waals surface area contributed by atoms with Crippen LogP contribution in [0.2, 0.25) is 0 Å². The van der Waals surface area contributed by atoms with Crippen LogP contribution in [0.5, 0.6) is 0 Å². The zero-order valence-corrected chi connectivity index (χ0v) is 13.5. The molecule has 0 aromatic heterocycles. The lowest BCUT2D eigenvalue weighted by Gasteiger charge is -2.22. The van der Waals surface area contributed by atoms with Gasteiger partial charge in [-0.1, -0.05) is 66.3 Å². The second kappa shape index (κ2) is 6.91. The highest BCUT2D eigenvalue weighted by Gasteiger charge is 2.15. The van der Waals surface area contributed by atoms with Crippen molar-refractivity contribution in [2.24, 2.45) is 0 Å². The van der Waals surface area contributed by atoms with Crippen molar-refractivity contribution in [3.63, 3.8) is 0 Å². The molecule has 2 aromatic carbocycles. The third-order valence-electron chi connectivity index (χ3n) is 3.39. The number of hydrogen-bond acceptors (Lipinski definition) is 1. The Kier molecular flexibility index (Phi) is 5.21. The van der Waals surface area contributed by atoms with E-state index in [2.05, 4.69) is 74.3 Å². The van der Waals surface area contributed by atoms with Gasteiger partial charge in [0.25, 0.3) is 0 Å². The summed E-state index contributed by atoms with van der Waals surface area (Å²) in [6, 6.07) is 17.1. The molecular formula is C17H19NS2. The van der Waals surface area contributed by atoms with Crippen LogP contribution in [-0.2, 0) is 6.42 Å². The van der Waals surface area contributed by atoms with Crippen LogP contribution in [0.1, 0.15) is 28.3 Å². The summed E-state index contributed by atoms with van der Waals surface area (Å²) >= 11 is 9.35. The molecule has 0 saturated carbocycles. The molecule has 1 unspecified atom stereocenters. The summed E-state index contributed by atoms with van der Waals surface area (Å²) in [5.74, 6) is 0. The molecule has 0 aliphatic rings. The van der Waals surface area contributed by atoms with Gasteiger partial charge in [-0.2, -0.15) is 0 Å². The third kappa shape index (κ3) is 4.09. The Hall–Kier alpha value is -1.32. The number of aryl methyl sites for hydroxylation is 2. The van der Waals surface area contributed by atoms with Gasteiger partial charge in [-0.3, -0.25) is 0 Å². The van der Waals surface area contributed by atoms with E-state index in [9.17, 15) is 0 Å². The molecule has 0 radical (unpaired) electrons. The van der Waals surface area contributed by atoms with E-state index in [1.807, 2.05) is 6.07 Å². The monoisotopic (exact) mass is 301 g/mol. The summed E-state index contributed by atoms with van der Waals surface area (Å²) in [7, 11) is 0. The van der Waals surface area contributed by atoms with Crippen LogP contribution >= 0.6 is 24.8 Å². The van der Waals surface area contributed by atoms with Crippen LogP contribution in [0.4, 0.5) is 0 Å². The summed E-state index contributed by atoms with van der Waals surface area (Å²) in [5.41, 5.74) is 5.10. The first-order valence-electron chi connectivity index (χ1n) is 6.67. The number of rotatable bonds is 4. The molecule has 0 heterocycles. The van der Waals surface area contributed by atoms with Crippen LogP contribution in [-0.4, -0.2) is 4.32 Å². The van der Waals surface area contributed by atoms with Crippen molar-refractivity contribution in [1.82, 2.24) is 5.32 Å². The van der Waals surface area contributed by atoms with Crippen molar-refractivity contribution >= 4 is 29.2 Å². The second-order valence-electron chi connectivity index (χ2n) is 5.05. The van der Waals surface area contributed by atoms with Crippen LogP contribution < -0.4 is 5.32 Å². The van der Waals surface area contributed by atoms with E-state index in [4.69, 9.17) is 12.2 Å². The summed E-state index contributed by atoms with van der Waals surface area (Å²) in [4.78, 5) is 0. The average Bonchev–Trinajstić information content (AvgIpc) is 2.41. The summed E-state index contributed by atoms with van der Waals surface area (Å²) in [6.45, 7) is 4.25. The van der Waals surface area contributed by atoms with Crippen molar-refractivity contribution in [2.45, 2.75) is 26.3 Å². The Balaban J connectivity index is 2.32. The van der Waals surface area contributed by atoms with Gasteiger partial charge in [0, 0.05) is 0 Å². The Morgan fingerprint density at radius 2 is 1.85 bits per heavy atom. The highest BCUT2D eigenvalue weighted by atomic mass is 32.1. The maximum absolute atomic E-state index is 5.12. The number of nitrogens with one attached hydrogen (secondary N) is 1. The van der Waals surface area contributed by atoms with E-state index in [1.54, 1.807) is 0 Å².